The van der Waals surface area contributed by atoms with Gasteiger partial charge in [-0.25, -0.2) is 4.90 Å². The van der Waals surface area contributed by atoms with E-state index < -0.39 is 11.8 Å². The molecular weight excluding hydrogens is 519 g/mol. The Labute approximate surface area is 215 Å². The lowest BCUT2D eigenvalue weighted by Crippen LogP contribution is -2.32. The lowest BCUT2D eigenvalue weighted by molar-refractivity contribution is -0.120. The molecule has 3 aromatic carbocycles. The molecule has 174 valence electrons. The van der Waals surface area contributed by atoms with E-state index in [-0.39, 0.29) is 26.3 Å². The van der Waals surface area contributed by atoms with Crippen LogP contribution in [0.25, 0.3) is 0 Å². The third kappa shape index (κ3) is 4.70. The molecule has 0 bridgehead atoms. The van der Waals surface area contributed by atoms with Crippen molar-refractivity contribution in [3.63, 3.8) is 0 Å². The summed E-state index contributed by atoms with van der Waals surface area (Å²) in [5.74, 6) is -0.108. The summed E-state index contributed by atoms with van der Waals surface area (Å²) in [5.41, 5.74) is 0.744. The molecule has 0 saturated heterocycles. The molecule has 1 heterocycles. The molecule has 4 rings (SSSR count). The molecule has 0 atom stereocenters. The van der Waals surface area contributed by atoms with E-state index in [1.807, 2.05) is 0 Å². The van der Waals surface area contributed by atoms with Crippen molar-refractivity contribution >= 4 is 69.8 Å². The maximum atomic E-state index is 13.5. The number of ether oxygens (including phenoxy) is 2. The number of imide groups is 1. The zero-order chi connectivity index (χ0) is 24.4. The summed E-state index contributed by atoms with van der Waals surface area (Å²) >= 11 is 19.6. The van der Waals surface area contributed by atoms with E-state index in [2.05, 4.69) is 5.32 Å². The minimum atomic E-state index is -0.580. The topological polar surface area (TPSA) is 67.9 Å². The fraction of sp³-hybridized carbons (Fsp3) is 0.0833. The minimum absolute atomic E-state index is 0.0736. The van der Waals surface area contributed by atoms with Crippen LogP contribution < -0.4 is 19.7 Å². The van der Waals surface area contributed by atoms with Gasteiger partial charge in [-0.1, -0.05) is 52.6 Å². The first-order valence-corrected chi connectivity index (χ1v) is 11.8. The van der Waals surface area contributed by atoms with Gasteiger partial charge in [0.2, 0.25) is 0 Å². The van der Waals surface area contributed by atoms with E-state index in [1.54, 1.807) is 60.7 Å². The quantitative estimate of drug-likeness (QED) is 0.342. The summed E-state index contributed by atoms with van der Waals surface area (Å²) in [4.78, 5) is 29.0. The number of benzene rings is 3. The van der Waals surface area contributed by atoms with Gasteiger partial charge in [0.15, 0.2) is 0 Å². The Morgan fingerprint density at radius 2 is 1.62 bits per heavy atom. The maximum Gasteiger partial charge on any atom is 0.283 e. The van der Waals surface area contributed by atoms with Crippen LogP contribution in [0.5, 0.6) is 11.5 Å². The second-order valence-corrected chi connectivity index (χ2v) is 9.28. The van der Waals surface area contributed by atoms with Gasteiger partial charge in [-0.15, -0.1) is 0 Å². The Morgan fingerprint density at radius 1 is 0.882 bits per heavy atom. The summed E-state index contributed by atoms with van der Waals surface area (Å²) in [6.07, 6.45) is 0. The molecule has 34 heavy (non-hydrogen) atoms. The van der Waals surface area contributed by atoms with Crippen molar-refractivity contribution < 1.29 is 19.1 Å². The Balaban J connectivity index is 1.79. The summed E-state index contributed by atoms with van der Waals surface area (Å²) < 4.78 is 10.7. The standard InChI is InChI=1S/C24H17Cl3N2O4S/c1-32-14-8-11-17(19(12-14)33-2)28-21-22(34-15-9-6-13(25)7-10-15)24(31)29(23(21)30)18-5-3-4-16(26)20(18)27/h3-12,28H,1-2H3. The van der Waals surface area contributed by atoms with Crippen LogP contribution in [0.3, 0.4) is 0 Å². The normalized spacial score (nSPS) is 13.5. The van der Waals surface area contributed by atoms with Crippen LogP contribution in [0.2, 0.25) is 15.1 Å². The van der Waals surface area contributed by atoms with Gasteiger partial charge in [0, 0.05) is 16.0 Å². The molecule has 1 N–H and O–H groups in total. The first-order valence-electron chi connectivity index (χ1n) is 9.83. The number of hydrogen-bond acceptors (Lipinski definition) is 6. The Morgan fingerprint density at radius 3 is 2.29 bits per heavy atom. The molecule has 3 aromatic rings. The largest absolute Gasteiger partial charge is 0.497 e. The van der Waals surface area contributed by atoms with E-state index in [0.29, 0.717) is 22.2 Å². The molecule has 6 nitrogen and oxygen atoms in total. The van der Waals surface area contributed by atoms with Crippen LogP contribution in [0.15, 0.2) is 76.2 Å². The highest BCUT2D eigenvalue weighted by molar-refractivity contribution is 8.04. The minimum Gasteiger partial charge on any atom is -0.497 e. The van der Waals surface area contributed by atoms with Crippen molar-refractivity contribution in [2.24, 2.45) is 0 Å². The number of carbonyl (C=O) groups is 2. The van der Waals surface area contributed by atoms with Gasteiger partial charge in [0.25, 0.3) is 11.8 Å². The average molecular weight is 536 g/mol. The number of nitrogens with one attached hydrogen (secondary N) is 1. The number of thioether (sulfide) groups is 1. The highest BCUT2D eigenvalue weighted by atomic mass is 35.5. The van der Waals surface area contributed by atoms with Gasteiger partial charge < -0.3 is 14.8 Å². The Kier molecular flexibility index (Phi) is 7.28. The molecule has 0 radical (unpaired) electrons. The van der Waals surface area contributed by atoms with Crippen molar-refractivity contribution in [2.45, 2.75) is 4.90 Å². The summed E-state index contributed by atoms with van der Waals surface area (Å²) in [7, 11) is 3.04. The summed E-state index contributed by atoms with van der Waals surface area (Å²) in [5, 5.41) is 3.96. The lowest BCUT2D eigenvalue weighted by Gasteiger charge is -2.17. The van der Waals surface area contributed by atoms with Crippen molar-refractivity contribution in [1.82, 2.24) is 0 Å². The SMILES string of the molecule is COc1ccc(NC2=C(Sc3ccc(Cl)cc3)C(=O)N(c3cccc(Cl)c3Cl)C2=O)c(OC)c1. The van der Waals surface area contributed by atoms with Gasteiger partial charge >= 0.3 is 0 Å². The molecule has 10 heteroatoms. The van der Waals surface area contributed by atoms with Crippen LogP contribution in [-0.4, -0.2) is 26.0 Å². The van der Waals surface area contributed by atoms with Crippen molar-refractivity contribution in [3.05, 3.63) is 86.3 Å². The van der Waals surface area contributed by atoms with Crippen molar-refractivity contribution in [3.8, 4) is 11.5 Å². The fourth-order valence-corrected chi connectivity index (χ4v) is 4.69. The molecule has 0 spiro atoms. The Hall–Kier alpha value is -2.84. The van der Waals surface area contributed by atoms with Crippen molar-refractivity contribution in [1.29, 1.82) is 0 Å². The first kappa shape index (κ1) is 24.3. The second-order valence-electron chi connectivity index (χ2n) is 6.97. The second kappa shape index (κ2) is 10.2. The number of amides is 2. The van der Waals surface area contributed by atoms with Gasteiger partial charge in [-0.05, 0) is 48.5 Å². The smallest absolute Gasteiger partial charge is 0.283 e. The van der Waals surface area contributed by atoms with Crippen molar-refractivity contribution in [2.75, 3.05) is 24.4 Å². The lowest BCUT2D eigenvalue weighted by atomic mass is 10.2. The number of carbonyl (C=O) groups excluding carboxylic acids is 2. The van der Waals surface area contributed by atoms with E-state index in [1.165, 1.54) is 14.2 Å². The fourth-order valence-electron chi connectivity index (χ4n) is 3.26. The molecule has 1 aliphatic heterocycles. The van der Waals surface area contributed by atoms with Gasteiger partial charge in [-0.2, -0.15) is 0 Å². The zero-order valence-electron chi connectivity index (χ0n) is 17.9. The van der Waals surface area contributed by atoms with Crippen LogP contribution >= 0.6 is 46.6 Å². The van der Waals surface area contributed by atoms with E-state index in [0.717, 1.165) is 21.6 Å². The monoisotopic (exact) mass is 534 g/mol. The number of halogens is 3. The third-order valence-electron chi connectivity index (χ3n) is 4.92. The first-order chi connectivity index (χ1) is 16.3. The molecule has 2 amide bonds. The highest BCUT2D eigenvalue weighted by Crippen LogP contribution is 2.42. The van der Waals surface area contributed by atoms with Gasteiger partial charge in [0.1, 0.15) is 22.1 Å². The Bertz CT molecular complexity index is 1310. The zero-order valence-corrected chi connectivity index (χ0v) is 21.0. The molecule has 0 fully saturated rings. The number of rotatable bonds is 7. The van der Waals surface area contributed by atoms with Gasteiger partial charge in [0.05, 0.1) is 35.6 Å². The molecular formula is C24H17Cl3N2O4S. The summed E-state index contributed by atoms with van der Waals surface area (Å²) in [6.45, 7) is 0. The summed E-state index contributed by atoms with van der Waals surface area (Å²) in [6, 6.07) is 16.8. The number of nitrogens with zero attached hydrogens (tertiary/aromatic N) is 1. The molecule has 0 unspecified atom stereocenters. The predicted octanol–water partition coefficient (Wildman–Crippen LogP) is 6.65. The maximum absolute atomic E-state index is 13.5. The number of hydrogen-bond donors (Lipinski definition) is 1. The molecule has 0 aliphatic carbocycles. The highest BCUT2D eigenvalue weighted by Gasteiger charge is 2.41. The van der Waals surface area contributed by atoms with Gasteiger partial charge in [-0.3, -0.25) is 9.59 Å². The average Bonchev–Trinajstić information content (AvgIpc) is 3.06. The number of methoxy groups -OCH3 is 2. The molecule has 0 saturated carbocycles. The molecule has 0 aromatic heterocycles. The number of anilines is 2. The van der Waals surface area contributed by atoms with Crippen LogP contribution in [0, 0.1) is 0 Å². The third-order valence-corrected chi connectivity index (χ3v) is 7.07. The van der Waals surface area contributed by atoms with Crippen LogP contribution in [0.4, 0.5) is 11.4 Å². The molecule has 1 aliphatic rings. The van der Waals surface area contributed by atoms with Crippen LogP contribution in [-0.2, 0) is 9.59 Å². The van der Waals surface area contributed by atoms with E-state index in [9.17, 15) is 9.59 Å². The van der Waals surface area contributed by atoms with Crippen LogP contribution in [0.1, 0.15) is 0 Å². The van der Waals surface area contributed by atoms with E-state index >= 15 is 0 Å². The van der Waals surface area contributed by atoms with E-state index in [4.69, 9.17) is 44.3 Å². The predicted molar refractivity (Wildman–Crippen MR) is 136 cm³/mol.